The summed E-state index contributed by atoms with van der Waals surface area (Å²) in [5.41, 5.74) is 8.14. The van der Waals surface area contributed by atoms with Crippen molar-refractivity contribution in [3.63, 3.8) is 0 Å². The first-order chi connectivity index (χ1) is 9.06. The van der Waals surface area contributed by atoms with Crippen LogP contribution < -0.4 is 11.1 Å². The number of benzene rings is 1. The fourth-order valence-corrected chi connectivity index (χ4v) is 1.94. The summed E-state index contributed by atoms with van der Waals surface area (Å²) in [4.78, 5) is 0. The summed E-state index contributed by atoms with van der Waals surface area (Å²) in [6.07, 6.45) is 1.51. The number of amidine groups is 1. The van der Waals surface area contributed by atoms with Crippen LogP contribution in [0.5, 0.6) is 0 Å². The summed E-state index contributed by atoms with van der Waals surface area (Å²) in [7, 11) is 0. The largest absolute Gasteiger partial charge is 0.409 e. The molecule has 0 fully saturated rings. The van der Waals surface area contributed by atoms with Crippen molar-refractivity contribution in [1.29, 1.82) is 0 Å². The molecule has 0 aromatic heterocycles. The van der Waals surface area contributed by atoms with Gasteiger partial charge < -0.3 is 16.3 Å². The molecule has 0 aliphatic heterocycles. The van der Waals surface area contributed by atoms with Crippen LogP contribution in [0, 0.1) is 0 Å². The Labute approximate surface area is 115 Å². The number of hydrogen-bond acceptors (Lipinski definition) is 3. The predicted octanol–water partition coefficient (Wildman–Crippen LogP) is 2.81. The maximum absolute atomic E-state index is 8.58. The Balaban J connectivity index is 2.50. The van der Waals surface area contributed by atoms with Crippen LogP contribution in [0.4, 0.5) is 0 Å². The number of nitrogens with one attached hydrogen (secondary N) is 1. The Morgan fingerprint density at radius 2 is 1.95 bits per heavy atom. The highest BCUT2D eigenvalue weighted by Gasteiger charge is 2.08. The van der Waals surface area contributed by atoms with E-state index >= 15 is 0 Å². The third kappa shape index (κ3) is 5.30. The first kappa shape index (κ1) is 15.5. The van der Waals surface area contributed by atoms with E-state index in [9.17, 15) is 0 Å². The molecule has 0 heterocycles. The molecule has 1 rings (SSSR count). The van der Waals surface area contributed by atoms with Gasteiger partial charge >= 0.3 is 0 Å². The van der Waals surface area contributed by atoms with E-state index in [1.807, 2.05) is 0 Å². The van der Waals surface area contributed by atoms with Gasteiger partial charge in [0.05, 0.1) is 0 Å². The molecule has 4 nitrogen and oxygen atoms in total. The van der Waals surface area contributed by atoms with Crippen molar-refractivity contribution in [2.24, 2.45) is 10.9 Å². The van der Waals surface area contributed by atoms with Crippen LogP contribution in [0.2, 0.25) is 0 Å². The van der Waals surface area contributed by atoms with Crippen LogP contribution >= 0.6 is 0 Å². The Bertz CT molecular complexity index is 398. The zero-order valence-corrected chi connectivity index (χ0v) is 12.1. The van der Waals surface area contributed by atoms with Crippen LogP contribution in [0.1, 0.15) is 50.7 Å². The minimum absolute atomic E-state index is 0.237. The number of hydrogen-bond donors (Lipinski definition) is 3. The third-order valence-corrected chi connectivity index (χ3v) is 3.32. The summed E-state index contributed by atoms with van der Waals surface area (Å²) < 4.78 is 0. The van der Waals surface area contributed by atoms with E-state index in [4.69, 9.17) is 10.9 Å². The van der Waals surface area contributed by atoms with Crippen LogP contribution in [-0.4, -0.2) is 17.1 Å². The zero-order valence-electron chi connectivity index (χ0n) is 12.1. The summed E-state index contributed by atoms with van der Waals surface area (Å²) in [6, 6.07) is 8.88. The molecule has 0 bridgehead atoms. The highest BCUT2D eigenvalue weighted by molar-refractivity contribution is 5.80. The van der Waals surface area contributed by atoms with Crippen LogP contribution in [0.3, 0.4) is 0 Å². The minimum atomic E-state index is 0.237. The molecule has 19 heavy (non-hydrogen) atoms. The molecule has 0 aliphatic carbocycles. The molecule has 0 spiro atoms. The lowest BCUT2D eigenvalue weighted by atomic mass is 10.0. The smallest absolute Gasteiger partial charge is 0.140 e. The van der Waals surface area contributed by atoms with Gasteiger partial charge in [0.2, 0.25) is 0 Å². The fourth-order valence-electron chi connectivity index (χ4n) is 1.94. The average Bonchev–Trinajstić information content (AvgIpc) is 2.43. The molecule has 0 amide bonds. The number of rotatable bonds is 7. The van der Waals surface area contributed by atoms with Crippen LogP contribution in [0.25, 0.3) is 0 Å². The normalized spacial score (nSPS) is 13.8. The molecule has 0 radical (unpaired) electrons. The highest BCUT2D eigenvalue weighted by Crippen LogP contribution is 2.14. The average molecular weight is 263 g/mol. The first-order valence-electron chi connectivity index (χ1n) is 6.85. The molecular weight excluding hydrogens is 238 g/mol. The Hall–Kier alpha value is -1.55. The topological polar surface area (TPSA) is 70.6 Å². The van der Waals surface area contributed by atoms with Gasteiger partial charge in [-0.2, -0.15) is 0 Å². The SMILES string of the molecule is CCC(CC(N)=NO)NCc1ccc(C(C)C)cc1. The minimum Gasteiger partial charge on any atom is -0.409 e. The second-order valence-corrected chi connectivity index (χ2v) is 5.18. The standard InChI is InChI=1S/C15H25N3O/c1-4-14(9-15(16)18-19)17-10-12-5-7-13(8-6-12)11(2)3/h5-8,11,14,17,19H,4,9-10H2,1-3H3,(H2,16,18). The molecule has 1 aromatic carbocycles. The quantitative estimate of drug-likeness (QED) is 0.306. The van der Waals surface area contributed by atoms with E-state index in [0.29, 0.717) is 12.3 Å². The molecule has 0 aliphatic rings. The van der Waals surface area contributed by atoms with Crippen molar-refractivity contribution in [2.45, 2.75) is 52.1 Å². The molecule has 4 heteroatoms. The van der Waals surface area contributed by atoms with Crippen molar-refractivity contribution >= 4 is 5.84 Å². The van der Waals surface area contributed by atoms with Gasteiger partial charge in [-0.05, 0) is 23.5 Å². The van der Waals surface area contributed by atoms with E-state index in [1.54, 1.807) is 0 Å². The molecule has 1 aromatic rings. The molecular formula is C15H25N3O. The molecule has 0 saturated carbocycles. The van der Waals surface area contributed by atoms with Gasteiger partial charge in [-0.3, -0.25) is 0 Å². The highest BCUT2D eigenvalue weighted by atomic mass is 16.4. The van der Waals surface area contributed by atoms with Crippen molar-refractivity contribution in [3.8, 4) is 0 Å². The molecule has 1 unspecified atom stereocenters. The Morgan fingerprint density at radius 3 is 2.42 bits per heavy atom. The van der Waals surface area contributed by atoms with Crippen molar-refractivity contribution in [2.75, 3.05) is 0 Å². The van der Waals surface area contributed by atoms with Gasteiger partial charge in [0.25, 0.3) is 0 Å². The monoisotopic (exact) mass is 263 g/mol. The van der Waals surface area contributed by atoms with E-state index < -0.39 is 0 Å². The molecule has 1 atom stereocenters. The van der Waals surface area contributed by atoms with Gasteiger partial charge in [-0.15, -0.1) is 0 Å². The maximum Gasteiger partial charge on any atom is 0.140 e. The van der Waals surface area contributed by atoms with Crippen molar-refractivity contribution < 1.29 is 5.21 Å². The fraction of sp³-hybridized carbons (Fsp3) is 0.533. The third-order valence-electron chi connectivity index (χ3n) is 3.32. The molecule has 4 N–H and O–H groups in total. The number of oxime groups is 1. The Kier molecular flexibility index (Phi) is 6.36. The van der Waals surface area contributed by atoms with Gasteiger partial charge in [-0.1, -0.05) is 50.2 Å². The maximum atomic E-state index is 8.58. The summed E-state index contributed by atoms with van der Waals surface area (Å²) in [5.74, 6) is 0.834. The predicted molar refractivity (Wildman–Crippen MR) is 79.5 cm³/mol. The summed E-state index contributed by atoms with van der Waals surface area (Å²) in [6.45, 7) is 7.27. The zero-order chi connectivity index (χ0) is 14.3. The summed E-state index contributed by atoms with van der Waals surface area (Å²) in [5, 5.41) is 15.0. The van der Waals surface area contributed by atoms with E-state index in [0.717, 1.165) is 13.0 Å². The second-order valence-electron chi connectivity index (χ2n) is 5.18. The lowest BCUT2D eigenvalue weighted by Gasteiger charge is -2.16. The van der Waals surface area contributed by atoms with Gasteiger partial charge in [0.1, 0.15) is 5.84 Å². The van der Waals surface area contributed by atoms with E-state index in [2.05, 4.69) is 55.5 Å². The molecule has 0 saturated heterocycles. The van der Waals surface area contributed by atoms with Gasteiger partial charge in [-0.25, -0.2) is 0 Å². The Morgan fingerprint density at radius 1 is 1.32 bits per heavy atom. The van der Waals surface area contributed by atoms with E-state index in [-0.39, 0.29) is 11.9 Å². The lowest BCUT2D eigenvalue weighted by molar-refractivity contribution is 0.315. The van der Waals surface area contributed by atoms with Crippen molar-refractivity contribution in [3.05, 3.63) is 35.4 Å². The van der Waals surface area contributed by atoms with Gasteiger partial charge in [0, 0.05) is 19.0 Å². The number of nitrogens with zero attached hydrogens (tertiary/aromatic N) is 1. The second kappa shape index (κ2) is 7.79. The summed E-state index contributed by atoms with van der Waals surface area (Å²) >= 11 is 0. The van der Waals surface area contributed by atoms with E-state index in [1.165, 1.54) is 11.1 Å². The lowest BCUT2D eigenvalue weighted by Crippen LogP contribution is -2.32. The molecule has 106 valence electrons. The first-order valence-corrected chi connectivity index (χ1v) is 6.85. The van der Waals surface area contributed by atoms with Crippen LogP contribution in [0.15, 0.2) is 29.4 Å². The van der Waals surface area contributed by atoms with Gasteiger partial charge in [0.15, 0.2) is 0 Å². The van der Waals surface area contributed by atoms with Crippen LogP contribution in [-0.2, 0) is 6.54 Å². The number of nitrogens with two attached hydrogens (primary N) is 1. The van der Waals surface area contributed by atoms with Crippen molar-refractivity contribution in [1.82, 2.24) is 5.32 Å².